The van der Waals surface area contributed by atoms with Gasteiger partial charge in [-0.3, -0.25) is 14.4 Å². The molecule has 7 rings (SSSR count). The topological polar surface area (TPSA) is 135 Å². The second-order valence-corrected chi connectivity index (χ2v) is 11.6. The van der Waals surface area contributed by atoms with Crippen LogP contribution < -0.4 is 20.9 Å². The van der Waals surface area contributed by atoms with Crippen LogP contribution in [0.1, 0.15) is 40.6 Å². The second-order valence-electron chi connectivity index (χ2n) is 11.6. The maximum absolute atomic E-state index is 12.8. The second kappa shape index (κ2) is 12.8. The molecule has 13 heteroatoms. The number of aromatic nitrogens is 5. The van der Waals surface area contributed by atoms with E-state index in [0.717, 1.165) is 93.5 Å². The average molecular weight is 611 g/mol. The summed E-state index contributed by atoms with van der Waals surface area (Å²) in [5.41, 5.74) is 7.17. The number of amides is 1. The Morgan fingerprint density at radius 2 is 1.76 bits per heavy atom. The highest BCUT2D eigenvalue weighted by Gasteiger charge is 2.29. The van der Waals surface area contributed by atoms with E-state index in [1.54, 1.807) is 13.1 Å². The molecule has 13 nitrogen and oxygen atoms in total. The lowest BCUT2D eigenvalue weighted by molar-refractivity contribution is 0.0341. The van der Waals surface area contributed by atoms with Crippen molar-refractivity contribution in [2.45, 2.75) is 32.0 Å². The Labute approximate surface area is 261 Å². The molecule has 3 aromatic heterocycles. The highest BCUT2D eigenvalue weighted by Crippen LogP contribution is 2.45. The first-order valence-electron chi connectivity index (χ1n) is 15.4. The molecule has 1 amide bonds. The van der Waals surface area contributed by atoms with E-state index in [0.29, 0.717) is 23.4 Å². The summed E-state index contributed by atoms with van der Waals surface area (Å²) < 4.78 is 13.2. The maximum atomic E-state index is 12.8. The van der Waals surface area contributed by atoms with Crippen LogP contribution in [0.5, 0.6) is 0 Å². The Hall–Kier alpha value is -4.59. The van der Waals surface area contributed by atoms with E-state index >= 15 is 0 Å². The summed E-state index contributed by atoms with van der Waals surface area (Å²) in [6, 6.07) is 12.3. The van der Waals surface area contributed by atoms with Crippen molar-refractivity contribution < 1.29 is 14.3 Å². The van der Waals surface area contributed by atoms with Gasteiger partial charge in [0.15, 0.2) is 11.5 Å². The summed E-state index contributed by atoms with van der Waals surface area (Å²) in [5.74, 6) is 0.775. The zero-order chi connectivity index (χ0) is 30.8. The number of benzene rings is 1. The molecule has 1 aromatic carbocycles. The number of fused-ring (bicyclic) bond motifs is 3. The molecule has 3 aliphatic heterocycles. The van der Waals surface area contributed by atoms with Crippen LogP contribution in [0.3, 0.4) is 0 Å². The molecule has 0 bridgehead atoms. The van der Waals surface area contributed by atoms with Gasteiger partial charge >= 0.3 is 0 Å². The maximum Gasteiger partial charge on any atom is 0.273 e. The van der Waals surface area contributed by atoms with Crippen molar-refractivity contribution in [3.8, 4) is 11.1 Å². The van der Waals surface area contributed by atoms with Crippen molar-refractivity contribution in [3.63, 3.8) is 0 Å². The van der Waals surface area contributed by atoms with Gasteiger partial charge < -0.3 is 30.3 Å². The number of carbonyl (C=O) groups excluding carboxylic acids is 1. The minimum absolute atomic E-state index is 0.195. The predicted molar refractivity (Wildman–Crippen MR) is 171 cm³/mol. The van der Waals surface area contributed by atoms with E-state index in [9.17, 15) is 4.79 Å². The molecular formula is C32H38N10O3. The van der Waals surface area contributed by atoms with Gasteiger partial charge in [-0.1, -0.05) is 18.2 Å². The van der Waals surface area contributed by atoms with E-state index in [1.165, 1.54) is 5.69 Å². The number of ether oxygens (including phenoxy) is 2. The largest absolute Gasteiger partial charge is 0.381 e. The Bertz CT molecular complexity index is 1660. The molecule has 3 N–H and O–H groups in total. The highest BCUT2D eigenvalue weighted by atomic mass is 16.5. The molecule has 0 unspecified atom stereocenters. The molecule has 0 aliphatic carbocycles. The number of carbonyl (C=O) groups is 1. The standard InChI is InChI=1S/C32H38N10O3/c1-33-32(43)30-26(16-29(38-39-30)37-28-7-6-21(17-34-28)19-41-10-14-45-15-11-41)36-25-5-3-4-23-24-18-35-42(22-8-12-44-13-9-22)27(24)20-40(2)31(23)25/h3-7,16-18,22H,8-15,19-20H2,1-2H3,(H,33,43)(H2,34,36,37,38). The number of pyridine rings is 1. The van der Waals surface area contributed by atoms with Crippen LogP contribution in [-0.2, 0) is 22.6 Å². The van der Waals surface area contributed by atoms with Crippen LogP contribution >= 0.6 is 0 Å². The Balaban J connectivity index is 1.15. The smallest absolute Gasteiger partial charge is 0.273 e. The van der Waals surface area contributed by atoms with Crippen LogP contribution in [0.15, 0.2) is 48.8 Å². The van der Waals surface area contributed by atoms with Crippen molar-refractivity contribution in [3.05, 3.63) is 65.7 Å². The molecule has 234 valence electrons. The summed E-state index contributed by atoms with van der Waals surface area (Å²) in [4.78, 5) is 22.0. The fraction of sp³-hybridized carbons (Fsp3) is 0.406. The van der Waals surface area contributed by atoms with E-state index in [4.69, 9.17) is 14.6 Å². The first-order chi connectivity index (χ1) is 22.1. The summed E-state index contributed by atoms with van der Waals surface area (Å²) >= 11 is 0. The molecule has 4 aromatic rings. The van der Waals surface area contributed by atoms with Crippen molar-refractivity contribution in [1.82, 2.24) is 35.2 Å². The number of rotatable bonds is 8. The van der Waals surface area contributed by atoms with Gasteiger partial charge in [-0.15, -0.1) is 10.2 Å². The van der Waals surface area contributed by atoms with Gasteiger partial charge in [-0.05, 0) is 30.5 Å². The first-order valence-corrected chi connectivity index (χ1v) is 15.4. The van der Waals surface area contributed by atoms with Crippen molar-refractivity contribution >= 4 is 34.6 Å². The van der Waals surface area contributed by atoms with Crippen LogP contribution in [-0.4, -0.2) is 89.4 Å². The Kier molecular flexibility index (Phi) is 8.29. The lowest BCUT2D eigenvalue weighted by Crippen LogP contribution is -2.35. The molecule has 0 spiro atoms. The number of nitrogens with one attached hydrogen (secondary N) is 3. The van der Waals surface area contributed by atoms with Crippen LogP contribution in [0.4, 0.5) is 28.7 Å². The Morgan fingerprint density at radius 1 is 0.933 bits per heavy atom. The predicted octanol–water partition coefficient (Wildman–Crippen LogP) is 3.72. The minimum Gasteiger partial charge on any atom is -0.381 e. The normalized spacial score (nSPS) is 17.0. The van der Waals surface area contributed by atoms with Gasteiger partial charge in [0, 0.05) is 70.3 Å². The lowest BCUT2D eigenvalue weighted by Gasteiger charge is -2.32. The van der Waals surface area contributed by atoms with Gasteiger partial charge in [-0.2, -0.15) is 5.10 Å². The number of hydrogen-bond donors (Lipinski definition) is 3. The molecule has 6 heterocycles. The fourth-order valence-corrected chi connectivity index (χ4v) is 6.31. The average Bonchev–Trinajstić information content (AvgIpc) is 3.50. The summed E-state index contributed by atoms with van der Waals surface area (Å²) in [6.45, 7) is 6.45. The summed E-state index contributed by atoms with van der Waals surface area (Å²) in [5, 5.41) is 22.8. The van der Waals surface area contributed by atoms with Crippen LogP contribution in [0, 0.1) is 0 Å². The summed E-state index contributed by atoms with van der Waals surface area (Å²) in [7, 11) is 3.66. The van der Waals surface area contributed by atoms with Crippen LogP contribution in [0.25, 0.3) is 11.1 Å². The van der Waals surface area contributed by atoms with Gasteiger partial charge in [0.2, 0.25) is 0 Å². The third kappa shape index (κ3) is 6.06. The molecule has 2 fully saturated rings. The lowest BCUT2D eigenvalue weighted by atomic mass is 9.97. The van der Waals surface area contributed by atoms with Crippen molar-refractivity contribution in [2.75, 3.05) is 69.1 Å². The van der Waals surface area contributed by atoms with Gasteiger partial charge in [-0.25, -0.2) is 4.98 Å². The highest BCUT2D eigenvalue weighted by molar-refractivity contribution is 6.00. The van der Waals surface area contributed by atoms with Gasteiger partial charge in [0.25, 0.3) is 5.91 Å². The molecular weight excluding hydrogens is 572 g/mol. The van der Waals surface area contributed by atoms with E-state index in [-0.39, 0.29) is 11.6 Å². The number of morpholine rings is 1. The number of para-hydroxylation sites is 1. The monoisotopic (exact) mass is 610 g/mol. The third-order valence-corrected chi connectivity index (χ3v) is 8.63. The number of nitrogens with zero attached hydrogens (tertiary/aromatic N) is 7. The summed E-state index contributed by atoms with van der Waals surface area (Å²) in [6.07, 6.45) is 5.78. The molecule has 45 heavy (non-hydrogen) atoms. The van der Waals surface area contributed by atoms with Crippen molar-refractivity contribution in [1.29, 1.82) is 0 Å². The molecule has 0 saturated carbocycles. The van der Waals surface area contributed by atoms with E-state index in [1.807, 2.05) is 30.6 Å². The van der Waals surface area contributed by atoms with E-state index < -0.39 is 0 Å². The van der Waals surface area contributed by atoms with Gasteiger partial charge in [0.05, 0.1) is 54.8 Å². The minimum atomic E-state index is -0.333. The fourth-order valence-electron chi connectivity index (χ4n) is 6.31. The van der Waals surface area contributed by atoms with Crippen LogP contribution in [0.2, 0.25) is 0 Å². The first kappa shape index (κ1) is 29.1. The SMILES string of the molecule is CNC(=O)c1nnc(Nc2ccc(CN3CCOCC3)cn2)cc1Nc1cccc2c1N(C)Cc1c-2cnn1C1CCOCC1. The zero-order valence-corrected chi connectivity index (χ0v) is 25.6. The zero-order valence-electron chi connectivity index (χ0n) is 25.6. The Morgan fingerprint density at radius 3 is 2.53 bits per heavy atom. The molecule has 0 radical (unpaired) electrons. The molecule has 2 saturated heterocycles. The van der Waals surface area contributed by atoms with E-state index in [2.05, 4.69) is 64.8 Å². The number of hydrogen-bond acceptors (Lipinski definition) is 11. The third-order valence-electron chi connectivity index (χ3n) is 8.63. The van der Waals surface area contributed by atoms with Gasteiger partial charge in [0.1, 0.15) is 5.82 Å². The molecule has 0 atom stereocenters. The quantitative estimate of drug-likeness (QED) is 0.270. The van der Waals surface area contributed by atoms with Crippen molar-refractivity contribution in [2.24, 2.45) is 0 Å². The number of anilines is 5. The molecule has 3 aliphatic rings.